The van der Waals surface area contributed by atoms with Gasteiger partial charge in [-0.25, -0.2) is 0 Å². The molecule has 0 bridgehead atoms. The second kappa shape index (κ2) is 9.46. The lowest BCUT2D eigenvalue weighted by atomic mass is 9.92. The number of ether oxygens (including phenoxy) is 1. The van der Waals surface area contributed by atoms with E-state index < -0.39 is 5.54 Å². The molecule has 23 heavy (non-hydrogen) atoms. The number of thioether (sulfide) groups is 1. The number of benzene rings is 1. The summed E-state index contributed by atoms with van der Waals surface area (Å²) in [5.41, 5.74) is 2.78. The summed E-state index contributed by atoms with van der Waals surface area (Å²) in [5, 5.41) is 3.09. The molecule has 1 aromatic rings. The van der Waals surface area contributed by atoms with Gasteiger partial charge in [-0.2, -0.15) is 0 Å². The second-order valence-corrected chi connectivity index (χ2v) is 7.06. The summed E-state index contributed by atoms with van der Waals surface area (Å²) >= 11 is 1.32. The second-order valence-electron chi connectivity index (χ2n) is 5.99. The number of rotatable bonds is 9. The van der Waals surface area contributed by atoms with Crippen molar-refractivity contribution in [2.45, 2.75) is 39.2 Å². The molecule has 1 rings (SSSR count). The molecule has 0 aliphatic rings. The molecule has 0 saturated carbocycles. The average Bonchev–Trinajstić information content (AvgIpc) is 2.50. The summed E-state index contributed by atoms with van der Waals surface area (Å²) in [7, 11) is 0. The first-order chi connectivity index (χ1) is 10.9. The van der Waals surface area contributed by atoms with Gasteiger partial charge in [-0.1, -0.05) is 48.7 Å². The van der Waals surface area contributed by atoms with E-state index in [2.05, 4.69) is 24.5 Å². The molecule has 1 N–H and O–H groups in total. The normalized spacial score (nSPS) is 10.9. The zero-order valence-corrected chi connectivity index (χ0v) is 15.2. The highest BCUT2D eigenvalue weighted by Gasteiger charge is 2.23. The van der Waals surface area contributed by atoms with Gasteiger partial charge in [0.25, 0.3) is 5.24 Å². The standard InChI is InChI=1S/C19H27NO2S/c1-6-22-12-7-8-13-23-18(21)20-19(4,5)17-11-9-10-16(14-17)15(2)3/h6,9-11,14H,1-2,7-8,12-13H2,3-5H3,(H,20,21). The Morgan fingerprint density at radius 1 is 1.39 bits per heavy atom. The molecule has 4 heteroatoms. The first-order valence-corrected chi connectivity index (χ1v) is 8.79. The minimum absolute atomic E-state index is 0.000340. The highest BCUT2D eigenvalue weighted by Crippen LogP contribution is 2.24. The molecule has 0 aromatic heterocycles. The van der Waals surface area contributed by atoms with E-state index in [-0.39, 0.29) is 5.24 Å². The number of amides is 1. The van der Waals surface area contributed by atoms with Crippen molar-refractivity contribution in [3.05, 3.63) is 54.8 Å². The highest BCUT2D eigenvalue weighted by molar-refractivity contribution is 8.13. The maximum Gasteiger partial charge on any atom is 0.279 e. The Morgan fingerprint density at radius 2 is 2.13 bits per heavy atom. The van der Waals surface area contributed by atoms with E-state index >= 15 is 0 Å². The van der Waals surface area contributed by atoms with Gasteiger partial charge >= 0.3 is 0 Å². The summed E-state index contributed by atoms with van der Waals surface area (Å²) in [4.78, 5) is 12.1. The fourth-order valence-corrected chi connectivity index (χ4v) is 2.93. The molecule has 0 spiro atoms. The number of unbranched alkanes of at least 4 members (excludes halogenated alkanes) is 1. The number of nitrogens with one attached hydrogen (secondary N) is 1. The number of allylic oxidation sites excluding steroid dienone is 1. The molecule has 3 nitrogen and oxygen atoms in total. The van der Waals surface area contributed by atoms with E-state index in [1.807, 2.05) is 39.0 Å². The monoisotopic (exact) mass is 333 g/mol. The molecule has 1 amide bonds. The van der Waals surface area contributed by atoms with Crippen LogP contribution in [0.15, 0.2) is 43.7 Å². The average molecular weight is 333 g/mol. The van der Waals surface area contributed by atoms with Crippen LogP contribution in [0, 0.1) is 0 Å². The molecule has 126 valence electrons. The summed E-state index contributed by atoms with van der Waals surface area (Å²) in [6, 6.07) is 8.15. The van der Waals surface area contributed by atoms with Crippen molar-refractivity contribution in [3.63, 3.8) is 0 Å². The molecule has 1 aromatic carbocycles. The van der Waals surface area contributed by atoms with E-state index in [1.165, 1.54) is 18.0 Å². The van der Waals surface area contributed by atoms with E-state index in [9.17, 15) is 4.79 Å². The molecule has 0 saturated heterocycles. The summed E-state index contributed by atoms with van der Waals surface area (Å²) in [5.74, 6) is 0.786. The SMILES string of the molecule is C=COCCCCSC(=O)NC(C)(C)c1cccc(C(=C)C)c1. The van der Waals surface area contributed by atoms with E-state index in [4.69, 9.17) is 4.74 Å². The lowest BCUT2D eigenvalue weighted by molar-refractivity contribution is 0.245. The zero-order chi connectivity index (χ0) is 17.3. The van der Waals surface area contributed by atoms with Crippen LogP contribution in [0.5, 0.6) is 0 Å². The van der Waals surface area contributed by atoms with Crippen LogP contribution in [0.1, 0.15) is 44.7 Å². The first-order valence-electron chi connectivity index (χ1n) is 7.80. The van der Waals surface area contributed by atoms with Gasteiger partial charge in [0.1, 0.15) is 0 Å². The maximum absolute atomic E-state index is 12.1. The highest BCUT2D eigenvalue weighted by atomic mass is 32.2. The Morgan fingerprint density at radius 3 is 2.78 bits per heavy atom. The van der Waals surface area contributed by atoms with E-state index in [1.54, 1.807) is 0 Å². The predicted octanol–water partition coefficient (Wildman–Crippen LogP) is 5.34. The molecule has 0 fully saturated rings. The molecule has 0 heterocycles. The van der Waals surface area contributed by atoms with Crippen molar-refractivity contribution in [3.8, 4) is 0 Å². The van der Waals surface area contributed by atoms with Crippen molar-refractivity contribution in [1.82, 2.24) is 5.32 Å². The fourth-order valence-electron chi connectivity index (χ4n) is 2.07. The molecular weight excluding hydrogens is 306 g/mol. The van der Waals surface area contributed by atoms with Crippen molar-refractivity contribution in [2.24, 2.45) is 0 Å². The number of hydrogen-bond acceptors (Lipinski definition) is 3. The quantitative estimate of drug-likeness (QED) is 0.490. The summed E-state index contributed by atoms with van der Waals surface area (Å²) < 4.78 is 5.06. The van der Waals surface area contributed by atoms with Crippen LogP contribution in [0.25, 0.3) is 5.57 Å². The fraction of sp³-hybridized carbons (Fsp3) is 0.421. The van der Waals surface area contributed by atoms with Gasteiger partial charge in [0.15, 0.2) is 0 Å². The third-order valence-electron chi connectivity index (χ3n) is 3.50. The molecule has 0 aliphatic carbocycles. The third-order valence-corrected chi connectivity index (χ3v) is 4.36. The van der Waals surface area contributed by atoms with Crippen LogP contribution in [-0.4, -0.2) is 17.6 Å². The van der Waals surface area contributed by atoms with Gasteiger partial charge < -0.3 is 10.1 Å². The smallest absolute Gasteiger partial charge is 0.279 e. The van der Waals surface area contributed by atoms with Crippen LogP contribution >= 0.6 is 11.8 Å². The minimum atomic E-state index is -0.415. The molecule has 0 radical (unpaired) electrons. The molecule has 0 aliphatic heterocycles. The Bertz CT molecular complexity index is 552. The predicted molar refractivity (Wildman–Crippen MR) is 101 cm³/mol. The van der Waals surface area contributed by atoms with Gasteiger partial charge in [-0.05, 0) is 50.8 Å². The molecule has 0 atom stereocenters. The molecular formula is C19H27NO2S. The minimum Gasteiger partial charge on any atom is -0.502 e. The lowest BCUT2D eigenvalue weighted by Gasteiger charge is -2.27. The Hall–Kier alpha value is -1.68. The topological polar surface area (TPSA) is 38.3 Å². The van der Waals surface area contributed by atoms with Crippen LogP contribution in [-0.2, 0) is 10.3 Å². The number of carbonyl (C=O) groups excluding carboxylic acids is 1. The van der Waals surface area contributed by atoms with Crippen LogP contribution in [0.2, 0.25) is 0 Å². The van der Waals surface area contributed by atoms with E-state index in [0.717, 1.165) is 35.3 Å². The van der Waals surface area contributed by atoms with Gasteiger partial charge in [0.05, 0.1) is 18.4 Å². The van der Waals surface area contributed by atoms with Gasteiger partial charge in [-0.3, -0.25) is 4.79 Å². The zero-order valence-electron chi connectivity index (χ0n) is 14.4. The van der Waals surface area contributed by atoms with Gasteiger partial charge in [0, 0.05) is 5.75 Å². The number of hydrogen-bond donors (Lipinski definition) is 1. The van der Waals surface area contributed by atoms with Crippen LogP contribution in [0.4, 0.5) is 4.79 Å². The van der Waals surface area contributed by atoms with Crippen LogP contribution < -0.4 is 5.32 Å². The Balaban J connectivity index is 2.50. The summed E-state index contributed by atoms with van der Waals surface area (Å²) in [6.07, 6.45) is 3.31. The van der Waals surface area contributed by atoms with Crippen molar-refractivity contribution in [1.29, 1.82) is 0 Å². The maximum atomic E-state index is 12.1. The number of carbonyl (C=O) groups is 1. The van der Waals surface area contributed by atoms with Crippen LogP contribution in [0.3, 0.4) is 0 Å². The van der Waals surface area contributed by atoms with Crippen molar-refractivity contribution < 1.29 is 9.53 Å². The van der Waals surface area contributed by atoms with Gasteiger partial charge in [0.2, 0.25) is 0 Å². The Labute approximate surface area is 144 Å². The Kier molecular flexibility index (Phi) is 7.96. The lowest BCUT2D eigenvalue weighted by Crippen LogP contribution is -2.39. The van der Waals surface area contributed by atoms with Gasteiger partial charge in [-0.15, -0.1) is 0 Å². The molecule has 0 unspecified atom stereocenters. The largest absolute Gasteiger partial charge is 0.502 e. The summed E-state index contributed by atoms with van der Waals surface area (Å²) in [6.45, 7) is 14.1. The van der Waals surface area contributed by atoms with Crippen molar-refractivity contribution in [2.75, 3.05) is 12.4 Å². The van der Waals surface area contributed by atoms with Crippen molar-refractivity contribution >= 4 is 22.6 Å². The van der Waals surface area contributed by atoms with E-state index in [0.29, 0.717) is 6.61 Å². The third kappa shape index (κ3) is 6.95. The first kappa shape index (κ1) is 19.4.